The lowest BCUT2D eigenvalue weighted by atomic mass is 9.81. The van der Waals surface area contributed by atoms with Gasteiger partial charge in [0.1, 0.15) is 12.4 Å². The third-order valence-corrected chi connectivity index (χ3v) is 5.32. The first kappa shape index (κ1) is 15.9. The second-order valence-corrected chi connectivity index (χ2v) is 7.19. The van der Waals surface area contributed by atoms with Gasteiger partial charge in [-0.15, -0.1) is 10.2 Å². The highest BCUT2D eigenvalue weighted by molar-refractivity contribution is 5.03. The van der Waals surface area contributed by atoms with E-state index in [1.54, 1.807) is 0 Å². The molecule has 1 atom stereocenters. The maximum Gasteiger partial charge on any atom is 0.158 e. The van der Waals surface area contributed by atoms with Crippen LogP contribution in [0.1, 0.15) is 50.2 Å². The number of ether oxygens (including phenoxy) is 1. The average molecular weight is 308 g/mol. The minimum Gasteiger partial charge on any atom is -0.388 e. The number of piperidine rings is 1. The van der Waals surface area contributed by atoms with E-state index in [1.807, 2.05) is 11.6 Å². The number of aliphatic hydroxyl groups is 1. The van der Waals surface area contributed by atoms with E-state index in [1.165, 1.54) is 13.0 Å². The number of hydrogen-bond acceptors (Lipinski definition) is 5. The summed E-state index contributed by atoms with van der Waals surface area (Å²) < 4.78 is 7.47. The number of likely N-dealkylation sites (tertiary alicyclic amines) is 1. The third kappa shape index (κ3) is 3.34. The molecule has 1 aromatic rings. The van der Waals surface area contributed by atoms with Crippen LogP contribution in [0.3, 0.4) is 0 Å². The van der Waals surface area contributed by atoms with Crippen LogP contribution in [0.2, 0.25) is 0 Å². The van der Waals surface area contributed by atoms with E-state index in [0.717, 1.165) is 51.4 Å². The highest BCUT2D eigenvalue weighted by Gasteiger charge is 2.33. The molecule has 3 heterocycles. The van der Waals surface area contributed by atoms with E-state index in [2.05, 4.69) is 22.0 Å². The Labute approximate surface area is 132 Å². The zero-order valence-electron chi connectivity index (χ0n) is 13.8. The van der Waals surface area contributed by atoms with Gasteiger partial charge < -0.3 is 19.3 Å². The number of hydrogen-bond donors (Lipinski definition) is 1. The maximum atomic E-state index is 9.29. The van der Waals surface area contributed by atoms with Crippen molar-refractivity contribution < 1.29 is 9.84 Å². The van der Waals surface area contributed by atoms with E-state index >= 15 is 0 Å². The highest BCUT2D eigenvalue weighted by atomic mass is 16.5. The molecule has 2 fully saturated rings. The van der Waals surface area contributed by atoms with Gasteiger partial charge >= 0.3 is 0 Å². The normalized spacial score (nSPS) is 26.2. The monoisotopic (exact) mass is 308 g/mol. The molecule has 2 aliphatic rings. The van der Waals surface area contributed by atoms with Crippen LogP contribution < -0.4 is 0 Å². The van der Waals surface area contributed by atoms with Crippen molar-refractivity contribution in [2.24, 2.45) is 12.5 Å². The van der Waals surface area contributed by atoms with Gasteiger partial charge in [0.15, 0.2) is 5.82 Å². The zero-order chi connectivity index (χ0) is 15.6. The minimum absolute atomic E-state index is 0.0436. The second kappa shape index (κ2) is 6.64. The summed E-state index contributed by atoms with van der Waals surface area (Å²) in [6.45, 7) is 7.53. The van der Waals surface area contributed by atoms with Crippen molar-refractivity contribution in [1.29, 1.82) is 0 Å². The molecule has 6 heteroatoms. The Kier molecular flexibility index (Phi) is 4.80. The van der Waals surface area contributed by atoms with Gasteiger partial charge in [-0.3, -0.25) is 0 Å². The summed E-state index contributed by atoms with van der Waals surface area (Å²) >= 11 is 0. The van der Waals surface area contributed by atoms with Gasteiger partial charge in [-0.05, 0) is 37.6 Å². The molecule has 6 nitrogen and oxygen atoms in total. The van der Waals surface area contributed by atoms with Crippen LogP contribution in [-0.2, 0) is 18.4 Å². The Hall–Kier alpha value is -0.980. The standard InChI is InChI=1S/C16H28N4O2/c1-16(5-8-22-9-6-16)12-20-7-3-4-13(10-20)15-18-17-14(11-21)19(15)2/h13,21H,3-12H2,1-2H3/t13-/m0/s1. The summed E-state index contributed by atoms with van der Waals surface area (Å²) in [5, 5.41) is 17.7. The maximum absolute atomic E-state index is 9.29. The predicted molar refractivity (Wildman–Crippen MR) is 83.5 cm³/mol. The summed E-state index contributed by atoms with van der Waals surface area (Å²) in [5.41, 5.74) is 0.385. The van der Waals surface area contributed by atoms with Crippen molar-refractivity contribution in [3.05, 3.63) is 11.6 Å². The fourth-order valence-corrected chi connectivity index (χ4v) is 3.84. The van der Waals surface area contributed by atoms with Crippen molar-refractivity contribution in [3.8, 4) is 0 Å². The topological polar surface area (TPSA) is 63.4 Å². The predicted octanol–water partition coefficient (Wildman–Crippen LogP) is 1.30. The molecule has 0 saturated carbocycles. The molecule has 0 aromatic carbocycles. The van der Waals surface area contributed by atoms with Gasteiger partial charge in [-0.2, -0.15) is 0 Å². The van der Waals surface area contributed by atoms with Crippen LogP contribution in [0.15, 0.2) is 0 Å². The van der Waals surface area contributed by atoms with Crippen LogP contribution in [0.5, 0.6) is 0 Å². The molecule has 0 amide bonds. The van der Waals surface area contributed by atoms with E-state index in [4.69, 9.17) is 4.74 Å². The Bertz CT molecular complexity index is 496. The van der Waals surface area contributed by atoms with Crippen molar-refractivity contribution >= 4 is 0 Å². The van der Waals surface area contributed by atoms with Gasteiger partial charge in [0.2, 0.25) is 0 Å². The third-order valence-electron chi connectivity index (χ3n) is 5.32. The lowest BCUT2D eigenvalue weighted by Gasteiger charge is -2.41. The fourth-order valence-electron chi connectivity index (χ4n) is 3.84. The van der Waals surface area contributed by atoms with E-state index in [-0.39, 0.29) is 6.61 Å². The van der Waals surface area contributed by atoms with Gasteiger partial charge in [0, 0.05) is 39.3 Å². The minimum atomic E-state index is -0.0436. The van der Waals surface area contributed by atoms with Crippen LogP contribution in [-0.4, -0.2) is 57.6 Å². The van der Waals surface area contributed by atoms with Crippen LogP contribution in [0.4, 0.5) is 0 Å². The summed E-state index contributed by atoms with van der Waals surface area (Å²) in [5.74, 6) is 2.10. The smallest absolute Gasteiger partial charge is 0.158 e. The highest BCUT2D eigenvalue weighted by Crippen LogP contribution is 2.33. The van der Waals surface area contributed by atoms with Crippen molar-refractivity contribution in [2.45, 2.75) is 45.1 Å². The van der Waals surface area contributed by atoms with Crippen molar-refractivity contribution in [3.63, 3.8) is 0 Å². The number of nitrogens with zero attached hydrogens (tertiary/aromatic N) is 4. The van der Waals surface area contributed by atoms with Crippen LogP contribution in [0, 0.1) is 5.41 Å². The molecule has 0 radical (unpaired) electrons. The van der Waals surface area contributed by atoms with E-state index in [9.17, 15) is 5.11 Å². The van der Waals surface area contributed by atoms with Gasteiger partial charge in [0.25, 0.3) is 0 Å². The molecule has 0 spiro atoms. The van der Waals surface area contributed by atoms with Gasteiger partial charge in [-0.25, -0.2) is 0 Å². The molecule has 0 unspecified atom stereocenters. The van der Waals surface area contributed by atoms with Crippen LogP contribution in [0.25, 0.3) is 0 Å². The molecular weight excluding hydrogens is 280 g/mol. The molecule has 1 N–H and O–H groups in total. The first-order valence-corrected chi connectivity index (χ1v) is 8.40. The summed E-state index contributed by atoms with van der Waals surface area (Å²) in [7, 11) is 1.96. The lowest BCUT2D eigenvalue weighted by Crippen LogP contribution is -2.44. The molecule has 3 rings (SSSR count). The molecule has 0 aliphatic carbocycles. The quantitative estimate of drug-likeness (QED) is 0.908. The largest absolute Gasteiger partial charge is 0.388 e. The summed E-state index contributed by atoms with van der Waals surface area (Å²) in [4.78, 5) is 2.59. The molecule has 1 aromatic heterocycles. The molecule has 124 valence electrons. The SMILES string of the molecule is Cn1c(CO)nnc1[C@H]1CCCN(CC2(C)CCOCC2)C1. The summed E-state index contributed by atoms with van der Waals surface area (Å²) in [6.07, 6.45) is 4.69. The first-order chi connectivity index (χ1) is 10.6. The Morgan fingerprint density at radius 1 is 1.32 bits per heavy atom. The number of aromatic nitrogens is 3. The molecule has 22 heavy (non-hydrogen) atoms. The van der Waals surface area contributed by atoms with E-state index in [0.29, 0.717) is 17.2 Å². The van der Waals surface area contributed by atoms with Crippen molar-refractivity contribution in [2.75, 3.05) is 32.8 Å². The number of rotatable bonds is 4. The lowest BCUT2D eigenvalue weighted by molar-refractivity contribution is 0.000526. The molecule has 0 bridgehead atoms. The first-order valence-electron chi connectivity index (χ1n) is 8.40. The van der Waals surface area contributed by atoms with Gasteiger partial charge in [-0.1, -0.05) is 6.92 Å². The van der Waals surface area contributed by atoms with E-state index < -0.39 is 0 Å². The van der Waals surface area contributed by atoms with Gasteiger partial charge in [0.05, 0.1) is 0 Å². The Morgan fingerprint density at radius 3 is 2.77 bits per heavy atom. The van der Waals surface area contributed by atoms with Crippen LogP contribution >= 0.6 is 0 Å². The molecular formula is C16H28N4O2. The van der Waals surface area contributed by atoms with Crippen molar-refractivity contribution in [1.82, 2.24) is 19.7 Å². The molecule has 2 saturated heterocycles. The Morgan fingerprint density at radius 2 is 2.09 bits per heavy atom. The number of aliphatic hydroxyl groups excluding tert-OH is 1. The fraction of sp³-hybridized carbons (Fsp3) is 0.875. The average Bonchev–Trinajstić information content (AvgIpc) is 2.88. The zero-order valence-corrected chi connectivity index (χ0v) is 13.8. The summed E-state index contributed by atoms with van der Waals surface area (Å²) in [6, 6.07) is 0. The Balaban J connectivity index is 1.65. The second-order valence-electron chi connectivity index (χ2n) is 7.19. The molecule has 2 aliphatic heterocycles.